The zero-order chi connectivity index (χ0) is 16.1. The van der Waals surface area contributed by atoms with Crippen molar-refractivity contribution in [3.8, 4) is 0 Å². The van der Waals surface area contributed by atoms with Crippen molar-refractivity contribution < 1.29 is 9.59 Å². The van der Waals surface area contributed by atoms with Crippen LogP contribution in [0, 0.1) is 11.8 Å². The standard InChI is InChI=1S/C17H30N4O2.ClH/c22-16(19-8-4-14-3-7-18-13-14)15-5-11-21(12-6-15)17(23)20-9-1-2-10-20;/h14-15,18H,1-13H2,(H,19,22);1H. The summed E-state index contributed by atoms with van der Waals surface area (Å²) in [4.78, 5) is 28.5. The minimum absolute atomic E-state index is 0. The Bertz CT molecular complexity index is 415. The molecular weight excluding hydrogens is 328 g/mol. The van der Waals surface area contributed by atoms with E-state index in [2.05, 4.69) is 10.6 Å². The van der Waals surface area contributed by atoms with Gasteiger partial charge in [-0.25, -0.2) is 4.79 Å². The molecule has 24 heavy (non-hydrogen) atoms. The molecule has 0 radical (unpaired) electrons. The van der Waals surface area contributed by atoms with Gasteiger partial charge in [-0.2, -0.15) is 0 Å². The second kappa shape index (κ2) is 9.47. The minimum atomic E-state index is 0. The maximum atomic E-state index is 12.3. The van der Waals surface area contributed by atoms with E-state index in [4.69, 9.17) is 0 Å². The molecule has 2 N–H and O–H groups in total. The van der Waals surface area contributed by atoms with Gasteiger partial charge in [0.05, 0.1) is 0 Å². The zero-order valence-corrected chi connectivity index (χ0v) is 15.3. The summed E-state index contributed by atoms with van der Waals surface area (Å²) < 4.78 is 0. The molecule has 3 amide bonds. The molecule has 3 aliphatic heterocycles. The maximum Gasteiger partial charge on any atom is 0.319 e. The minimum Gasteiger partial charge on any atom is -0.356 e. The number of halogens is 1. The van der Waals surface area contributed by atoms with Gasteiger partial charge in [-0.1, -0.05) is 0 Å². The number of hydrogen-bond acceptors (Lipinski definition) is 3. The molecule has 1 unspecified atom stereocenters. The normalized spacial score (nSPS) is 24.8. The second-order valence-electron chi connectivity index (χ2n) is 7.18. The van der Waals surface area contributed by atoms with Gasteiger partial charge >= 0.3 is 6.03 Å². The maximum absolute atomic E-state index is 12.3. The van der Waals surface area contributed by atoms with Gasteiger partial charge in [0.1, 0.15) is 0 Å². The van der Waals surface area contributed by atoms with Crippen molar-refractivity contribution >= 4 is 24.3 Å². The van der Waals surface area contributed by atoms with Crippen molar-refractivity contribution in [1.82, 2.24) is 20.4 Å². The Kier molecular flexibility index (Phi) is 7.62. The lowest BCUT2D eigenvalue weighted by Gasteiger charge is -2.34. The van der Waals surface area contributed by atoms with Gasteiger partial charge in [-0.3, -0.25) is 4.79 Å². The van der Waals surface area contributed by atoms with Crippen LogP contribution >= 0.6 is 12.4 Å². The van der Waals surface area contributed by atoms with E-state index < -0.39 is 0 Å². The molecule has 7 heteroatoms. The summed E-state index contributed by atoms with van der Waals surface area (Å²) in [5.74, 6) is 0.985. The molecule has 6 nitrogen and oxygen atoms in total. The molecule has 0 aliphatic carbocycles. The van der Waals surface area contributed by atoms with E-state index in [-0.39, 0.29) is 30.3 Å². The first-order valence-electron chi connectivity index (χ1n) is 9.26. The summed E-state index contributed by atoms with van der Waals surface area (Å²) in [6.45, 7) is 6.23. The van der Waals surface area contributed by atoms with Gasteiger partial charge in [0.25, 0.3) is 0 Å². The summed E-state index contributed by atoms with van der Waals surface area (Å²) >= 11 is 0. The van der Waals surface area contributed by atoms with Crippen molar-refractivity contribution in [1.29, 1.82) is 0 Å². The first kappa shape index (κ1) is 19.3. The molecule has 1 atom stereocenters. The molecule has 3 heterocycles. The number of nitrogens with zero attached hydrogens (tertiary/aromatic N) is 2. The van der Waals surface area contributed by atoms with Crippen LogP contribution in [0.25, 0.3) is 0 Å². The van der Waals surface area contributed by atoms with Crippen LogP contribution in [0.4, 0.5) is 4.79 Å². The van der Waals surface area contributed by atoms with Gasteiger partial charge < -0.3 is 20.4 Å². The first-order chi connectivity index (χ1) is 11.2. The van der Waals surface area contributed by atoms with E-state index in [9.17, 15) is 9.59 Å². The number of amides is 3. The number of hydrogen-bond donors (Lipinski definition) is 2. The summed E-state index contributed by atoms with van der Waals surface area (Å²) in [5, 5.41) is 6.46. The lowest BCUT2D eigenvalue weighted by molar-refractivity contribution is -0.126. The zero-order valence-electron chi connectivity index (χ0n) is 14.5. The molecule has 0 aromatic carbocycles. The smallest absolute Gasteiger partial charge is 0.319 e. The van der Waals surface area contributed by atoms with Gasteiger partial charge in [0.15, 0.2) is 0 Å². The van der Waals surface area contributed by atoms with Crippen LogP contribution in [0.3, 0.4) is 0 Å². The largest absolute Gasteiger partial charge is 0.356 e. The van der Waals surface area contributed by atoms with E-state index in [1.165, 1.54) is 6.42 Å². The van der Waals surface area contributed by atoms with Gasteiger partial charge in [0, 0.05) is 38.6 Å². The van der Waals surface area contributed by atoms with Crippen LogP contribution < -0.4 is 10.6 Å². The molecule has 3 aliphatic rings. The Morgan fingerprint density at radius 1 is 1.00 bits per heavy atom. The highest BCUT2D eigenvalue weighted by molar-refractivity contribution is 5.85. The number of carbonyl (C=O) groups is 2. The van der Waals surface area contributed by atoms with Crippen LogP contribution in [0.5, 0.6) is 0 Å². The molecule has 0 aromatic heterocycles. The number of urea groups is 1. The number of likely N-dealkylation sites (tertiary alicyclic amines) is 2. The average molecular weight is 359 g/mol. The van der Waals surface area contributed by atoms with Crippen molar-refractivity contribution in [2.45, 2.75) is 38.5 Å². The highest BCUT2D eigenvalue weighted by atomic mass is 35.5. The molecular formula is C17H31ClN4O2. The average Bonchev–Trinajstić information content (AvgIpc) is 3.28. The number of nitrogens with one attached hydrogen (secondary N) is 2. The Hall–Kier alpha value is -1.01. The molecule has 0 saturated carbocycles. The monoisotopic (exact) mass is 358 g/mol. The van der Waals surface area contributed by atoms with E-state index in [1.54, 1.807) is 0 Å². The third-order valence-corrected chi connectivity index (χ3v) is 5.53. The summed E-state index contributed by atoms with van der Waals surface area (Å²) in [6.07, 6.45) is 6.16. The van der Waals surface area contributed by atoms with Crippen molar-refractivity contribution in [3.63, 3.8) is 0 Å². The number of carbonyl (C=O) groups excluding carboxylic acids is 2. The topological polar surface area (TPSA) is 64.7 Å². The third-order valence-electron chi connectivity index (χ3n) is 5.53. The summed E-state index contributed by atoms with van der Waals surface area (Å²) in [6, 6.07) is 0.176. The Balaban J connectivity index is 0.00000208. The Labute approximate surface area is 151 Å². The summed E-state index contributed by atoms with van der Waals surface area (Å²) in [7, 11) is 0. The third kappa shape index (κ3) is 4.99. The molecule has 0 aromatic rings. The molecule has 3 rings (SSSR count). The van der Waals surface area contributed by atoms with Crippen molar-refractivity contribution in [2.75, 3.05) is 45.8 Å². The molecule has 0 bridgehead atoms. The summed E-state index contributed by atoms with van der Waals surface area (Å²) in [5.41, 5.74) is 0. The van der Waals surface area contributed by atoms with Crippen LogP contribution in [-0.2, 0) is 4.79 Å². The van der Waals surface area contributed by atoms with Gasteiger partial charge in [0.2, 0.25) is 5.91 Å². The lowest BCUT2D eigenvalue weighted by Crippen LogP contribution is -2.47. The van der Waals surface area contributed by atoms with Crippen LogP contribution in [0.1, 0.15) is 38.5 Å². The SMILES string of the molecule is Cl.O=C(NCCC1CCNC1)C1CCN(C(=O)N2CCCC2)CC1. The lowest BCUT2D eigenvalue weighted by atomic mass is 9.96. The quantitative estimate of drug-likeness (QED) is 0.799. The van der Waals surface area contributed by atoms with Crippen molar-refractivity contribution in [3.05, 3.63) is 0 Å². The molecule has 0 spiro atoms. The predicted molar refractivity (Wildman–Crippen MR) is 96.4 cm³/mol. The van der Waals surface area contributed by atoms with E-state index in [0.29, 0.717) is 0 Å². The van der Waals surface area contributed by atoms with Gasteiger partial charge in [-0.15, -0.1) is 12.4 Å². The van der Waals surface area contributed by atoms with Gasteiger partial charge in [-0.05, 0) is 57.5 Å². The highest BCUT2D eigenvalue weighted by Crippen LogP contribution is 2.20. The van der Waals surface area contributed by atoms with Crippen LogP contribution in [0.2, 0.25) is 0 Å². The fourth-order valence-electron chi connectivity index (χ4n) is 3.95. The van der Waals surface area contributed by atoms with Crippen LogP contribution in [-0.4, -0.2) is 67.6 Å². The molecule has 3 fully saturated rings. The fraction of sp³-hybridized carbons (Fsp3) is 0.882. The fourth-order valence-corrected chi connectivity index (χ4v) is 3.95. The molecule has 138 valence electrons. The number of rotatable bonds is 4. The first-order valence-corrected chi connectivity index (χ1v) is 9.26. The molecule has 3 saturated heterocycles. The van der Waals surface area contributed by atoms with Crippen LogP contribution in [0.15, 0.2) is 0 Å². The Morgan fingerprint density at radius 3 is 2.29 bits per heavy atom. The predicted octanol–water partition coefficient (Wildman–Crippen LogP) is 1.45. The van der Waals surface area contributed by atoms with Crippen molar-refractivity contribution in [2.24, 2.45) is 11.8 Å². The van der Waals surface area contributed by atoms with E-state index in [0.717, 1.165) is 83.8 Å². The highest BCUT2D eigenvalue weighted by Gasteiger charge is 2.30. The van der Waals surface area contributed by atoms with E-state index in [1.807, 2.05) is 9.80 Å². The Morgan fingerprint density at radius 2 is 1.67 bits per heavy atom. The number of piperidine rings is 1. The second-order valence-corrected chi connectivity index (χ2v) is 7.18. The van der Waals surface area contributed by atoms with E-state index >= 15 is 0 Å².